The molecule has 0 spiro atoms. The molecule has 0 fully saturated rings. The third-order valence-electron chi connectivity index (χ3n) is 4.54. The van der Waals surface area contributed by atoms with Crippen molar-refractivity contribution in [3.8, 4) is 5.95 Å². The Morgan fingerprint density at radius 2 is 1.79 bits per heavy atom. The molecule has 2 N–H and O–H groups in total. The standard InChI is InChI=1S/C20H24N6O2/c1-5-6-7-16-13(3)21-20(22-18(16)27)26-19(28)17(14(4)25-26)24-23-15-10-8-12(2)9-11-15/h8-11,25H,5-7H2,1-4H3,(H,21,22,27). The average molecular weight is 380 g/mol. The van der Waals surface area contributed by atoms with E-state index in [2.05, 4.69) is 32.2 Å². The molecule has 0 aliphatic heterocycles. The largest absolute Gasteiger partial charge is 0.301 e. The van der Waals surface area contributed by atoms with E-state index >= 15 is 0 Å². The van der Waals surface area contributed by atoms with Crippen molar-refractivity contribution in [3.05, 3.63) is 67.5 Å². The molecule has 3 aromatic rings. The fraction of sp³-hybridized carbons (Fsp3) is 0.350. The lowest BCUT2D eigenvalue weighted by Gasteiger charge is -2.06. The van der Waals surface area contributed by atoms with Crippen LogP contribution in [0.5, 0.6) is 0 Å². The Labute approximate surface area is 162 Å². The van der Waals surface area contributed by atoms with E-state index in [4.69, 9.17) is 0 Å². The van der Waals surface area contributed by atoms with Gasteiger partial charge in [0, 0.05) is 5.56 Å². The van der Waals surface area contributed by atoms with Gasteiger partial charge in [-0.25, -0.2) is 4.98 Å². The minimum absolute atomic E-state index is 0.146. The van der Waals surface area contributed by atoms with Crippen LogP contribution in [0.4, 0.5) is 11.4 Å². The number of aryl methyl sites for hydroxylation is 3. The first-order valence-corrected chi connectivity index (χ1v) is 9.31. The van der Waals surface area contributed by atoms with E-state index in [0.717, 1.165) is 18.4 Å². The lowest BCUT2D eigenvalue weighted by Crippen LogP contribution is -2.24. The number of unbranched alkanes of at least 4 members (excludes halogenated alkanes) is 1. The van der Waals surface area contributed by atoms with E-state index in [9.17, 15) is 9.59 Å². The molecule has 0 aliphatic carbocycles. The zero-order chi connectivity index (χ0) is 20.3. The van der Waals surface area contributed by atoms with Crippen LogP contribution in [0.1, 0.15) is 42.3 Å². The summed E-state index contributed by atoms with van der Waals surface area (Å²) in [6, 6.07) is 7.51. The maximum atomic E-state index is 12.8. The second kappa shape index (κ2) is 8.16. The fourth-order valence-electron chi connectivity index (χ4n) is 2.87. The third kappa shape index (κ3) is 4.00. The molecule has 8 nitrogen and oxygen atoms in total. The number of nitrogens with one attached hydrogen (secondary N) is 2. The Hall–Kier alpha value is -3.29. The molecule has 0 radical (unpaired) electrons. The molecule has 3 rings (SSSR count). The van der Waals surface area contributed by atoms with Crippen LogP contribution in [0.2, 0.25) is 0 Å². The van der Waals surface area contributed by atoms with Crippen LogP contribution in [0.3, 0.4) is 0 Å². The van der Waals surface area contributed by atoms with Crippen LogP contribution >= 0.6 is 0 Å². The summed E-state index contributed by atoms with van der Waals surface area (Å²) in [6.45, 7) is 7.56. The smallest absolute Gasteiger partial charge is 0.291 e. The molecule has 0 bridgehead atoms. The highest BCUT2D eigenvalue weighted by Crippen LogP contribution is 2.18. The quantitative estimate of drug-likeness (QED) is 0.632. The summed E-state index contributed by atoms with van der Waals surface area (Å²) in [5.74, 6) is 0.146. The van der Waals surface area contributed by atoms with E-state index in [1.54, 1.807) is 13.8 Å². The summed E-state index contributed by atoms with van der Waals surface area (Å²) < 4.78 is 1.19. The average Bonchev–Trinajstić information content (AvgIpc) is 2.94. The van der Waals surface area contributed by atoms with Crippen molar-refractivity contribution in [2.75, 3.05) is 0 Å². The summed E-state index contributed by atoms with van der Waals surface area (Å²) in [5.41, 5.74) is 3.12. The van der Waals surface area contributed by atoms with E-state index in [0.29, 0.717) is 29.1 Å². The Kier molecular flexibility index (Phi) is 5.67. The van der Waals surface area contributed by atoms with Crippen LogP contribution < -0.4 is 11.1 Å². The molecular weight excluding hydrogens is 356 g/mol. The van der Waals surface area contributed by atoms with Crippen LogP contribution in [0.25, 0.3) is 5.95 Å². The Morgan fingerprint density at radius 1 is 1.07 bits per heavy atom. The highest BCUT2D eigenvalue weighted by Gasteiger charge is 2.16. The van der Waals surface area contributed by atoms with Gasteiger partial charge in [0.05, 0.1) is 17.1 Å². The first-order valence-electron chi connectivity index (χ1n) is 9.31. The number of rotatable bonds is 6. The zero-order valence-corrected chi connectivity index (χ0v) is 16.5. The molecule has 2 heterocycles. The molecule has 0 aliphatic rings. The molecule has 0 atom stereocenters. The fourth-order valence-corrected chi connectivity index (χ4v) is 2.87. The highest BCUT2D eigenvalue weighted by molar-refractivity contribution is 5.43. The van der Waals surface area contributed by atoms with Gasteiger partial charge in [-0.1, -0.05) is 31.0 Å². The summed E-state index contributed by atoms with van der Waals surface area (Å²) in [4.78, 5) is 32.3. The highest BCUT2D eigenvalue weighted by atomic mass is 16.1. The van der Waals surface area contributed by atoms with E-state index in [1.807, 2.05) is 31.2 Å². The molecule has 0 unspecified atom stereocenters. The van der Waals surface area contributed by atoms with Gasteiger partial charge in [-0.15, -0.1) is 5.11 Å². The number of nitrogens with zero attached hydrogens (tertiary/aromatic N) is 4. The number of aromatic amines is 2. The summed E-state index contributed by atoms with van der Waals surface area (Å²) >= 11 is 0. The van der Waals surface area contributed by atoms with Crippen molar-refractivity contribution in [2.24, 2.45) is 10.2 Å². The number of benzene rings is 1. The molecule has 0 saturated heterocycles. The number of hydrogen-bond acceptors (Lipinski definition) is 5. The van der Waals surface area contributed by atoms with Crippen LogP contribution in [0, 0.1) is 20.8 Å². The van der Waals surface area contributed by atoms with E-state index in [1.165, 1.54) is 4.68 Å². The van der Waals surface area contributed by atoms with E-state index < -0.39 is 5.56 Å². The van der Waals surface area contributed by atoms with Crippen LogP contribution in [-0.2, 0) is 6.42 Å². The van der Waals surface area contributed by atoms with Crippen molar-refractivity contribution < 1.29 is 0 Å². The monoisotopic (exact) mass is 380 g/mol. The molecule has 0 saturated carbocycles. The lowest BCUT2D eigenvalue weighted by atomic mass is 10.1. The first kappa shape index (κ1) is 19.5. The molecule has 28 heavy (non-hydrogen) atoms. The molecule has 8 heteroatoms. The summed E-state index contributed by atoms with van der Waals surface area (Å²) in [7, 11) is 0. The number of H-pyrrole nitrogens is 2. The Bertz CT molecular complexity index is 1120. The number of aromatic nitrogens is 4. The zero-order valence-electron chi connectivity index (χ0n) is 16.5. The molecule has 2 aromatic heterocycles. The van der Waals surface area contributed by atoms with E-state index in [-0.39, 0.29) is 17.2 Å². The Morgan fingerprint density at radius 3 is 2.43 bits per heavy atom. The van der Waals surface area contributed by atoms with Gasteiger partial charge in [0.1, 0.15) is 0 Å². The molecule has 0 amide bonds. The maximum absolute atomic E-state index is 12.8. The van der Waals surface area contributed by atoms with Crippen LogP contribution in [-0.4, -0.2) is 19.7 Å². The van der Waals surface area contributed by atoms with Gasteiger partial charge < -0.3 is 0 Å². The predicted octanol–water partition coefficient (Wildman–Crippen LogP) is 3.93. The lowest BCUT2D eigenvalue weighted by molar-refractivity contribution is 0.735. The van der Waals surface area contributed by atoms with Gasteiger partial charge in [0.25, 0.3) is 5.56 Å². The van der Waals surface area contributed by atoms with Crippen molar-refractivity contribution in [3.63, 3.8) is 0 Å². The molecule has 1 aromatic carbocycles. The van der Waals surface area contributed by atoms with Crippen molar-refractivity contribution in [1.82, 2.24) is 19.7 Å². The molecule has 146 valence electrons. The number of hydrogen-bond donors (Lipinski definition) is 2. The minimum Gasteiger partial charge on any atom is -0.291 e. The van der Waals surface area contributed by atoms with Gasteiger partial charge in [0.2, 0.25) is 5.95 Å². The van der Waals surface area contributed by atoms with Gasteiger partial charge in [0.15, 0.2) is 5.69 Å². The normalized spacial score (nSPS) is 11.4. The van der Waals surface area contributed by atoms with Gasteiger partial charge in [-0.05, 0) is 45.7 Å². The number of azo groups is 1. The predicted molar refractivity (Wildman–Crippen MR) is 108 cm³/mol. The van der Waals surface area contributed by atoms with Gasteiger partial charge in [-0.2, -0.15) is 9.80 Å². The van der Waals surface area contributed by atoms with Crippen molar-refractivity contribution >= 4 is 11.4 Å². The van der Waals surface area contributed by atoms with Crippen molar-refractivity contribution in [1.29, 1.82) is 0 Å². The maximum Gasteiger partial charge on any atom is 0.301 e. The van der Waals surface area contributed by atoms with Gasteiger partial charge in [-0.3, -0.25) is 19.7 Å². The van der Waals surface area contributed by atoms with Crippen LogP contribution in [0.15, 0.2) is 44.1 Å². The minimum atomic E-state index is -0.419. The third-order valence-corrected chi connectivity index (χ3v) is 4.54. The van der Waals surface area contributed by atoms with Crippen molar-refractivity contribution in [2.45, 2.75) is 47.0 Å². The topological polar surface area (TPSA) is 108 Å². The second-order valence-electron chi connectivity index (χ2n) is 6.82. The summed E-state index contributed by atoms with van der Waals surface area (Å²) in [5, 5.41) is 11.1. The second-order valence-corrected chi connectivity index (χ2v) is 6.82. The first-order chi connectivity index (χ1) is 13.4. The SMILES string of the molecule is CCCCc1c(C)nc(-n2[nH]c(C)c(N=Nc3ccc(C)cc3)c2=O)[nH]c1=O. The van der Waals surface area contributed by atoms with Gasteiger partial charge >= 0.3 is 5.56 Å². The Balaban J connectivity index is 1.97. The molecular formula is C20H24N6O2. The summed E-state index contributed by atoms with van der Waals surface area (Å²) in [6.07, 6.45) is 2.57.